The number of aromatic amines is 1. The van der Waals surface area contributed by atoms with Crippen LogP contribution in [0.5, 0.6) is 0 Å². The predicted molar refractivity (Wildman–Crippen MR) is 114 cm³/mol. The Morgan fingerprint density at radius 2 is 1.48 bits per heavy atom. The van der Waals surface area contributed by atoms with E-state index in [-0.39, 0.29) is 16.1 Å². The normalized spacial score (nSPS) is 11.1. The van der Waals surface area contributed by atoms with Crippen LogP contribution in [-0.4, -0.2) is 13.4 Å². The Labute approximate surface area is 167 Å². The minimum absolute atomic E-state index is 0.0769. The lowest BCUT2D eigenvalue weighted by Gasteiger charge is -2.10. The van der Waals surface area contributed by atoms with E-state index in [1.54, 1.807) is 48.5 Å². The molecule has 0 aliphatic heterocycles. The Hall–Kier alpha value is -3.89. The summed E-state index contributed by atoms with van der Waals surface area (Å²) >= 11 is 0. The molecule has 0 fully saturated rings. The Balaban J connectivity index is 1.62. The van der Waals surface area contributed by atoms with Crippen LogP contribution in [0.15, 0.2) is 88.6 Å². The van der Waals surface area contributed by atoms with E-state index in [0.29, 0.717) is 16.6 Å². The zero-order valence-electron chi connectivity index (χ0n) is 15.1. The molecule has 2 N–H and O–H groups in total. The number of anilines is 1. The summed E-state index contributed by atoms with van der Waals surface area (Å²) in [4.78, 5) is 18.6. The topological polar surface area (TPSA) is 83.4 Å². The molecule has 0 unspecified atom stereocenters. The molecule has 142 valence electrons. The lowest BCUT2D eigenvalue weighted by Crippen LogP contribution is -2.16. The molecule has 1 aromatic heterocycles. The maximum absolute atomic E-state index is 12.7. The summed E-state index contributed by atoms with van der Waals surface area (Å²) < 4.78 is 27.9. The molecule has 0 radical (unpaired) electrons. The maximum Gasteiger partial charge on any atom is 0.262 e. The third kappa shape index (κ3) is 3.74. The number of fused-ring (bicyclic) bond motifs is 1. The van der Waals surface area contributed by atoms with Gasteiger partial charge in [0.1, 0.15) is 5.82 Å². The second-order valence-electron chi connectivity index (χ2n) is 6.38. The molecule has 0 saturated carbocycles. The highest BCUT2D eigenvalue weighted by molar-refractivity contribution is 7.92. The van der Waals surface area contributed by atoms with E-state index < -0.39 is 10.0 Å². The number of sulfonamides is 1. The molecule has 0 amide bonds. The van der Waals surface area contributed by atoms with Crippen molar-refractivity contribution in [1.29, 1.82) is 0 Å². The van der Waals surface area contributed by atoms with E-state index in [1.165, 1.54) is 18.2 Å². The molecular weight excluding hydrogens is 386 g/mol. The lowest BCUT2D eigenvalue weighted by molar-refractivity contribution is 0.601. The molecular formula is C22H15N3O3S. The first-order valence-corrected chi connectivity index (χ1v) is 10.2. The number of pyridine rings is 1. The second-order valence-corrected chi connectivity index (χ2v) is 8.06. The molecule has 6 nitrogen and oxygen atoms in total. The van der Waals surface area contributed by atoms with Crippen molar-refractivity contribution in [3.05, 3.63) is 101 Å². The average molecular weight is 401 g/mol. The van der Waals surface area contributed by atoms with Crippen molar-refractivity contribution in [2.45, 2.75) is 4.90 Å². The van der Waals surface area contributed by atoms with Crippen LogP contribution in [0.2, 0.25) is 0 Å². The van der Waals surface area contributed by atoms with Gasteiger partial charge in [0.2, 0.25) is 0 Å². The fourth-order valence-corrected chi connectivity index (χ4v) is 4.02. The van der Waals surface area contributed by atoms with Gasteiger partial charge in [-0.05, 0) is 35.4 Å². The fourth-order valence-electron chi connectivity index (χ4n) is 3.01. The quantitative estimate of drug-likeness (QED) is 0.492. The standard InChI is InChI=1S/C22H15N3O3S/c1-23-17-10-6-15(7-11-17)16-8-12-18(13-9-16)29(27,28)25-22-14-21(26)19-4-2-3-5-20(19)24-22/h2-14H,(H2,24,25,26). The van der Waals surface area contributed by atoms with Crippen molar-refractivity contribution < 1.29 is 8.42 Å². The smallest absolute Gasteiger partial charge is 0.262 e. The zero-order valence-corrected chi connectivity index (χ0v) is 15.9. The molecule has 0 saturated heterocycles. The molecule has 0 aliphatic carbocycles. The van der Waals surface area contributed by atoms with Crippen molar-refractivity contribution in [1.82, 2.24) is 4.98 Å². The van der Waals surface area contributed by atoms with Crippen LogP contribution in [0.4, 0.5) is 11.5 Å². The van der Waals surface area contributed by atoms with Gasteiger partial charge in [0.15, 0.2) is 11.1 Å². The van der Waals surface area contributed by atoms with Gasteiger partial charge in [-0.2, -0.15) is 0 Å². The molecule has 4 aromatic rings. The number of aromatic nitrogens is 1. The summed E-state index contributed by atoms with van der Waals surface area (Å²) in [6.45, 7) is 6.99. The third-order valence-corrected chi connectivity index (χ3v) is 5.86. The molecule has 1 heterocycles. The van der Waals surface area contributed by atoms with Gasteiger partial charge in [-0.15, -0.1) is 0 Å². The van der Waals surface area contributed by atoms with Crippen LogP contribution in [0, 0.1) is 6.57 Å². The van der Waals surface area contributed by atoms with E-state index in [0.717, 1.165) is 11.1 Å². The summed E-state index contributed by atoms with van der Waals surface area (Å²) in [7, 11) is -3.87. The molecule has 29 heavy (non-hydrogen) atoms. The SMILES string of the molecule is [C-]#[N+]c1ccc(-c2ccc(S(=O)(=O)Nc3cc(=O)c4ccccc4[nH]3)cc2)cc1. The van der Waals surface area contributed by atoms with Gasteiger partial charge in [0, 0.05) is 11.5 Å². The first-order chi connectivity index (χ1) is 14.0. The number of hydrogen-bond donors (Lipinski definition) is 2. The van der Waals surface area contributed by atoms with E-state index in [2.05, 4.69) is 14.6 Å². The zero-order chi connectivity index (χ0) is 20.4. The number of para-hydroxylation sites is 1. The Kier molecular flexibility index (Phi) is 4.63. The van der Waals surface area contributed by atoms with Crippen LogP contribution in [0.3, 0.4) is 0 Å². The number of hydrogen-bond acceptors (Lipinski definition) is 3. The largest absolute Gasteiger partial charge is 0.341 e. The first-order valence-electron chi connectivity index (χ1n) is 8.69. The summed E-state index contributed by atoms with van der Waals surface area (Å²) in [5, 5.41) is 0.490. The molecule has 0 atom stereocenters. The second kappa shape index (κ2) is 7.26. The average Bonchev–Trinajstić information content (AvgIpc) is 2.74. The van der Waals surface area contributed by atoms with Gasteiger partial charge in [0.25, 0.3) is 10.0 Å². The highest BCUT2D eigenvalue weighted by Gasteiger charge is 2.15. The predicted octanol–water partition coefficient (Wildman–Crippen LogP) is 4.55. The minimum atomic E-state index is -3.87. The number of nitrogens with one attached hydrogen (secondary N) is 2. The summed E-state index contributed by atoms with van der Waals surface area (Å²) in [5.41, 5.74) is 2.54. The number of H-pyrrole nitrogens is 1. The van der Waals surface area contributed by atoms with Gasteiger partial charge in [-0.25, -0.2) is 13.3 Å². The fraction of sp³-hybridized carbons (Fsp3) is 0. The van der Waals surface area contributed by atoms with Crippen LogP contribution in [-0.2, 0) is 10.0 Å². The number of rotatable bonds is 4. The number of benzene rings is 3. The van der Waals surface area contributed by atoms with Gasteiger partial charge >= 0.3 is 0 Å². The highest BCUT2D eigenvalue weighted by Crippen LogP contribution is 2.24. The van der Waals surface area contributed by atoms with Crippen LogP contribution in [0.1, 0.15) is 0 Å². The van der Waals surface area contributed by atoms with Crippen LogP contribution in [0.25, 0.3) is 26.9 Å². The van der Waals surface area contributed by atoms with E-state index in [9.17, 15) is 13.2 Å². The highest BCUT2D eigenvalue weighted by atomic mass is 32.2. The van der Waals surface area contributed by atoms with E-state index >= 15 is 0 Å². The maximum atomic E-state index is 12.7. The van der Waals surface area contributed by atoms with Crippen molar-refractivity contribution >= 4 is 32.4 Å². The summed E-state index contributed by atoms with van der Waals surface area (Å²) in [5.74, 6) is 0.104. The van der Waals surface area contributed by atoms with Gasteiger partial charge in [-0.1, -0.05) is 48.5 Å². The van der Waals surface area contributed by atoms with Gasteiger partial charge in [0.05, 0.1) is 17.0 Å². The Bertz CT molecular complexity index is 1400. The molecule has 4 rings (SSSR count). The molecule has 0 spiro atoms. The van der Waals surface area contributed by atoms with Crippen molar-refractivity contribution in [3.63, 3.8) is 0 Å². The minimum Gasteiger partial charge on any atom is -0.341 e. The van der Waals surface area contributed by atoms with Crippen LogP contribution >= 0.6 is 0 Å². The molecule has 0 aliphatic rings. The van der Waals surface area contributed by atoms with Crippen molar-refractivity contribution in [2.75, 3.05) is 4.72 Å². The lowest BCUT2D eigenvalue weighted by atomic mass is 10.1. The van der Waals surface area contributed by atoms with Crippen molar-refractivity contribution in [2.24, 2.45) is 0 Å². The van der Waals surface area contributed by atoms with Gasteiger partial charge < -0.3 is 4.98 Å². The Morgan fingerprint density at radius 3 is 2.14 bits per heavy atom. The van der Waals surface area contributed by atoms with Crippen LogP contribution < -0.4 is 10.2 Å². The van der Waals surface area contributed by atoms with Crippen molar-refractivity contribution in [3.8, 4) is 11.1 Å². The summed E-state index contributed by atoms with van der Waals surface area (Å²) in [6.07, 6.45) is 0. The third-order valence-electron chi connectivity index (χ3n) is 4.48. The first kappa shape index (κ1) is 18.5. The molecule has 7 heteroatoms. The van der Waals surface area contributed by atoms with E-state index in [4.69, 9.17) is 6.57 Å². The van der Waals surface area contributed by atoms with E-state index in [1.807, 2.05) is 12.1 Å². The number of nitrogens with zero attached hydrogens (tertiary/aromatic N) is 1. The summed E-state index contributed by atoms with van der Waals surface area (Å²) in [6, 6.07) is 21.6. The van der Waals surface area contributed by atoms with Gasteiger partial charge in [-0.3, -0.25) is 9.52 Å². The Morgan fingerprint density at radius 1 is 0.862 bits per heavy atom. The molecule has 3 aromatic carbocycles. The molecule has 0 bridgehead atoms. The monoisotopic (exact) mass is 401 g/mol.